The Morgan fingerprint density at radius 1 is 1.35 bits per heavy atom. The first-order chi connectivity index (χ1) is 9.33. The van der Waals surface area contributed by atoms with Crippen LogP contribution in [0.3, 0.4) is 0 Å². The quantitative estimate of drug-likeness (QED) is 0.515. The number of fused-ring (bicyclic) bond motifs is 2. The smallest absolute Gasteiger partial charge is 0.334 e. The molecule has 112 valence electrons. The highest BCUT2D eigenvalue weighted by Gasteiger charge is 2.56. The lowest BCUT2D eigenvalue weighted by atomic mass is 9.65. The van der Waals surface area contributed by atoms with E-state index in [4.69, 9.17) is 9.47 Å². The summed E-state index contributed by atoms with van der Waals surface area (Å²) in [6, 6.07) is 0. The van der Waals surface area contributed by atoms with Crippen LogP contribution in [0.1, 0.15) is 33.1 Å². The van der Waals surface area contributed by atoms with Crippen molar-refractivity contribution in [2.45, 2.75) is 51.8 Å². The van der Waals surface area contributed by atoms with Crippen LogP contribution in [0.2, 0.25) is 0 Å². The number of ether oxygens (including phenoxy) is 2. The van der Waals surface area contributed by atoms with Crippen molar-refractivity contribution in [3.8, 4) is 0 Å². The normalized spacial score (nSPS) is 52.0. The van der Waals surface area contributed by atoms with Crippen molar-refractivity contribution in [1.29, 1.82) is 0 Å². The predicted molar refractivity (Wildman–Crippen MR) is 70.2 cm³/mol. The van der Waals surface area contributed by atoms with E-state index in [1.54, 1.807) is 0 Å². The molecule has 1 saturated carbocycles. The number of aliphatic hydroxyl groups is 2. The van der Waals surface area contributed by atoms with E-state index in [1.165, 1.54) is 0 Å². The summed E-state index contributed by atoms with van der Waals surface area (Å²) in [4.78, 5) is 11.7. The minimum Gasteiger partial charge on any atom is -0.458 e. The molecular formula is C15H22O5. The fraction of sp³-hybridized carbons (Fsp3) is 0.800. The molecule has 2 aliphatic heterocycles. The number of hydrogen-bond acceptors (Lipinski definition) is 5. The van der Waals surface area contributed by atoms with E-state index in [0.717, 1.165) is 6.42 Å². The third-order valence-electron chi connectivity index (χ3n) is 5.52. The van der Waals surface area contributed by atoms with Crippen molar-refractivity contribution < 1.29 is 24.5 Å². The van der Waals surface area contributed by atoms with Crippen LogP contribution < -0.4 is 0 Å². The zero-order valence-corrected chi connectivity index (χ0v) is 11.9. The highest BCUT2D eigenvalue weighted by Crippen LogP contribution is 2.54. The molecule has 0 radical (unpaired) electrons. The van der Waals surface area contributed by atoms with Gasteiger partial charge in [0.25, 0.3) is 0 Å². The molecule has 0 bridgehead atoms. The predicted octanol–water partition coefficient (Wildman–Crippen LogP) is 1.19. The second kappa shape index (κ2) is 4.55. The lowest BCUT2D eigenvalue weighted by Crippen LogP contribution is -2.51. The van der Waals surface area contributed by atoms with E-state index in [1.807, 2.05) is 6.92 Å². The number of carbonyl (C=O) groups is 1. The Labute approximate surface area is 118 Å². The summed E-state index contributed by atoms with van der Waals surface area (Å²) in [5.41, 5.74) is 0.0111. The van der Waals surface area contributed by atoms with Crippen molar-refractivity contribution in [2.75, 3.05) is 0 Å². The van der Waals surface area contributed by atoms with Gasteiger partial charge in [-0.25, -0.2) is 4.79 Å². The molecule has 2 saturated heterocycles. The van der Waals surface area contributed by atoms with Crippen molar-refractivity contribution in [2.24, 2.45) is 23.2 Å². The van der Waals surface area contributed by atoms with E-state index in [9.17, 15) is 15.0 Å². The fourth-order valence-corrected chi connectivity index (χ4v) is 4.31. The summed E-state index contributed by atoms with van der Waals surface area (Å²) in [6.07, 6.45) is -0.249. The largest absolute Gasteiger partial charge is 0.458 e. The van der Waals surface area contributed by atoms with Crippen LogP contribution in [-0.2, 0) is 14.3 Å². The minimum absolute atomic E-state index is 0.0616. The van der Waals surface area contributed by atoms with Gasteiger partial charge in [0, 0.05) is 23.3 Å². The van der Waals surface area contributed by atoms with Gasteiger partial charge in [-0.1, -0.05) is 20.4 Å². The van der Waals surface area contributed by atoms with Gasteiger partial charge >= 0.3 is 5.97 Å². The zero-order chi connectivity index (χ0) is 14.7. The molecule has 20 heavy (non-hydrogen) atoms. The molecule has 5 heteroatoms. The zero-order valence-electron chi connectivity index (χ0n) is 11.9. The summed E-state index contributed by atoms with van der Waals surface area (Å²) < 4.78 is 10.6. The molecule has 2 heterocycles. The number of aliphatic hydroxyl groups excluding tert-OH is 2. The van der Waals surface area contributed by atoms with Crippen LogP contribution in [0.4, 0.5) is 0 Å². The number of esters is 1. The summed E-state index contributed by atoms with van der Waals surface area (Å²) in [7, 11) is 0. The van der Waals surface area contributed by atoms with Crippen molar-refractivity contribution in [3.05, 3.63) is 12.2 Å². The van der Waals surface area contributed by atoms with Gasteiger partial charge in [0.1, 0.15) is 6.10 Å². The first-order valence-electron chi connectivity index (χ1n) is 7.24. The molecule has 3 aliphatic rings. The van der Waals surface area contributed by atoms with Crippen LogP contribution in [0.25, 0.3) is 0 Å². The van der Waals surface area contributed by atoms with Gasteiger partial charge in [-0.05, 0) is 24.7 Å². The van der Waals surface area contributed by atoms with E-state index < -0.39 is 18.0 Å². The van der Waals surface area contributed by atoms with Gasteiger partial charge in [0.15, 0.2) is 12.6 Å². The molecule has 3 fully saturated rings. The number of carbonyl (C=O) groups excluding carboxylic acids is 1. The molecule has 0 aromatic rings. The second-order valence-electron chi connectivity index (χ2n) is 6.78. The fourth-order valence-electron chi connectivity index (χ4n) is 4.31. The van der Waals surface area contributed by atoms with Gasteiger partial charge in [-0.15, -0.1) is 0 Å². The molecule has 7 atom stereocenters. The molecular weight excluding hydrogens is 260 g/mol. The van der Waals surface area contributed by atoms with Crippen molar-refractivity contribution in [3.63, 3.8) is 0 Å². The van der Waals surface area contributed by atoms with Crippen molar-refractivity contribution in [1.82, 2.24) is 0 Å². The summed E-state index contributed by atoms with van der Waals surface area (Å²) >= 11 is 0. The lowest BCUT2D eigenvalue weighted by Gasteiger charge is -2.48. The summed E-state index contributed by atoms with van der Waals surface area (Å²) in [5, 5.41) is 20.1. The average molecular weight is 282 g/mol. The molecule has 0 unspecified atom stereocenters. The monoisotopic (exact) mass is 282 g/mol. The van der Waals surface area contributed by atoms with Crippen LogP contribution in [-0.4, -0.2) is 34.9 Å². The number of hydrogen-bond donors (Lipinski definition) is 2. The maximum atomic E-state index is 11.7. The molecule has 5 nitrogen and oxygen atoms in total. The first kappa shape index (κ1) is 14.0. The molecule has 0 aromatic heterocycles. The third-order valence-corrected chi connectivity index (χ3v) is 5.52. The molecule has 2 N–H and O–H groups in total. The van der Waals surface area contributed by atoms with E-state index >= 15 is 0 Å². The Morgan fingerprint density at radius 3 is 2.75 bits per heavy atom. The number of rotatable bonds is 0. The van der Waals surface area contributed by atoms with Crippen LogP contribution >= 0.6 is 0 Å². The minimum atomic E-state index is -1.03. The van der Waals surface area contributed by atoms with Crippen LogP contribution in [0, 0.1) is 23.2 Å². The lowest BCUT2D eigenvalue weighted by molar-refractivity contribution is -0.304. The standard InChI is InChI=1S/C15H22O5/c1-7-4-11-9(8(2)13(17)19-11)6-15(3)10(7)5-12(16)20-14(15)18/h7,9-12,14,16,18H,2,4-6H2,1,3H3/t7-,9+,10-,11-,12-,14+,15-/m1/s1. The van der Waals surface area contributed by atoms with Crippen LogP contribution in [0.5, 0.6) is 0 Å². The van der Waals surface area contributed by atoms with Crippen LogP contribution in [0.15, 0.2) is 12.2 Å². The Hall–Kier alpha value is -0.910. The average Bonchev–Trinajstić information content (AvgIpc) is 2.55. The Balaban J connectivity index is 1.96. The maximum absolute atomic E-state index is 11.7. The molecule has 1 aliphatic carbocycles. The van der Waals surface area contributed by atoms with E-state index in [-0.39, 0.29) is 29.8 Å². The highest BCUT2D eigenvalue weighted by molar-refractivity contribution is 5.90. The van der Waals surface area contributed by atoms with Crippen molar-refractivity contribution >= 4 is 5.97 Å². The molecule has 3 rings (SSSR count). The SMILES string of the molecule is C=C1C(=O)O[C@@H]2C[C@@H](C)[C@H]3C[C@H](O)O[C@H](O)[C@]3(C)C[C@@H]12. The second-order valence-corrected chi connectivity index (χ2v) is 6.78. The van der Waals surface area contributed by atoms with Gasteiger partial charge in [0.05, 0.1) is 0 Å². The van der Waals surface area contributed by atoms with Gasteiger partial charge < -0.3 is 19.7 Å². The van der Waals surface area contributed by atoms with Gasteiger partial charge in [-0.3, -0.25) is 0 Å². The maximum Gasteiger partial charge on any atom is 0.334 e. The summed E-state index contributed by atoms with van der Waals surface area (Å²) in [5.74, 6) is -0.00537. The molecule has 0 spiro atoms. The van der Waals surface area contributed by atoms with Gasteiger partial charge in [0.2, 0.25) is 0 Å². The summed E-state index contributed by atoms with van der Waals surface area (Å²) in [6.45, 7) is 7.91. The Morgan fingerprint density at radius 2 is 2.05 bits per heavy atom. The first-order valence-corrected chi connectivity index (χ1v) is 7.24. The topological polar surface area (TPSA) is 76.0 Å². The third kappa shape index (κ3) is 1.91. The van der Waals surface area contributed by atoms with E-state index in [0.29, 0.717) is 18.4 Å². The highest BCUT2D eigenvalue weighted by atomic mass is 16.7. The molecule has 0 aromatic carbocycles. The molecule has 0 amide bonds. The Kier molecular flexibility index (Phi) is 3.19. The van der Waals surface area contributed by atoms with Gasteiger partial charge in [-0.2, -0.15) is 0 Å². The Bertz CT molecular complexity index is 448. The van der Waals surface area contributed by atoms with E-state index in [2.05, 4.69) is 13.5 Å².